The van der Waals surface area contributed by atoms with Crippen LogP contribution in [0.2, 0.25) is 0 Å². The molecule has 0 aliphatic heterocycles. The fourth-order valence-electron chi connectivity index (χ4n) is 0.248. The van der Waals surface area contributed by atoms with Gasteiger partial charge in [0, 0.05) is 13.8 Å². The second kappa shape index (κ2) is 5.05. The Kier molecular flexibility index (Phi) is 6.83. The standard InChI is InChI=1S/C4H7NO2.Mg.2H/c1-3(6)5-4(2)7;;;/h1-2H3,(H,5,6,7);;;/q;+2;2*-1. The predicted molar refractivity (Wildman–Crippen MR) is 32.5 cm³/mol. The monoisotopic (exact) mass is 127 g/mol. The Balaban J connectivity index is -0.0000000600. The number of amides is 2. The molecule has 0 aromatic rings. The van der Waals surface area contributed by atoms with Gasteiger partial charge >= 0.3 is 23.1 Å². The van der Waals surface area contributed by atoms with Crippen molar-refractivity contribution in [3.05, 3.63) is 0 Å². The van der Waals surface area contributed by atoms with Gasteiger partial charge < -0.3 is 2.85 Å². The SMILES string of the molecule is CC(=O)NC(C)=O.[H-].[H-].[Mg+2]. The summed E-state index contributed by atoms with van der Waals surface area (Å²) in [6, 6.07) is 0. The van der Waals surface area contributed by atoms with Crippen molar-refractivity contribution in [3.8, 4) is 0 Å². The maximum absolute atomic E-state index is 9.92. The largest absolute Gasteiger partial charge is 2.00 e. The first-order chi connectivity index (χ1) is 3.13. The van der Waals surface area contributed by atoms with Crippen LogP contribution in [0.4, 0.5) is 0 Å². The summed E-state index contributed by atoms with van der Waals surface area (Å²) in [7, 11) is 0. The zero-order chi connectivity index (χ0) is 5.86. The van der Waals surface area contributed by atoms with Crippen molar-refractivity contribution in [1.29, 1.82) is 0 Å². The number of carbonyl (C=O) groups excluding carboxylic acids is 2. The molecule has 0 saturated heterocycles. The molecule has 0 aliphatic rings. The maximum Gasteiger partial charge on any atom is 2.00 e. The Morgan fingerprint density at radius 2 is 1.50 bits per heavy atom. The average molecular weight is 127 g/mol. The van der Waals surface area contributed by atoms with Crippen molar-refractivity contribution >= 4 is 34.9 Å². The molecular weight excluding hydrogens is 118 g/mol. The Hall–Kier alpha value is -0.0938. The second-order valence-electron chi connectivity index (χ2n) is 1.24. The molecule has 0 bridgehead atoms. The zero-order valence-corrected chi connectivity index (χ0v) is 6.44. The van der Waals surface area contributed by atoms with Crippen molar-refractivity contribution in [3.63, 3.8) is 0 Å². The molecule has 0 atom stereocenters. The summed E-state index contributed by atoms with van der Waals surface area (Å²) < 4.78 is 0. The number of hydrogen-bond acceptors (Lipinski definition) is 2. The summed E-state index contributed by atoms with van der Waals surface area (Å²) >= 11 is 0. The average Bonchev–Trinajstić information content (AvgIpc) is 1.27. The Bertz CT molecular complexity index is 97.4. The quantitative estimate of drug-likeness (QED) is 0.447. The van der Waals surface area contributed by atoms with Crippen molar-refractivity contribution in [1.82, 2.24) is 5.32 Å². The van der Waals surface area contributed by atoms with E-state index in [4.69, 9.17) is 0 Å². The number of hydrogen-bond donors (Lipinski definition) is 1. The van der Waals surface area contributed by atoms with Crippen molar-refractivity contribution in [2.24, 2.45) is 0 Å². The molecule has 0 aliphatic carbocycles. The molecule has 44 valence electrons. The molecule has 0 rings (SSSR count). The van der Waals surface area contributed by atoms with Crippen molar-refractivity contribution < 1.29 is 12.4 Å². The minimum atomic E-state index is -0.312. The molecule has 0 spiro atoms. The number of rotatable bonds is 0. The Morgan fingerprint density at radius 1 is 1.25 bits per heavy atom. The van der Waals surface area contributed by atoms with Gasteiger partial charge in [-0.05, 0) is 0 Å². The first-order valence-corrected chi connectivity index (χ1v) is 1.91. The summed E-state index contributed by atoms with van der Waals surface area (Å²) in [5.41, 5.74) is 0. The van der Waals surface area contributed by atoms with Crippen LogP contribution >= 0.6 is 0 Å². The summed E-state index contributed by atoms with van der Waals surface area (Å²) in [6.45, 7) is 2.59. The van der Waals surface area contributed by atoms with Crippen LogP contribution < -0.4 is 5.32 Å². The first kappa shape index (κ1) is 10.8. The summed E-state index contributed by atoms with van der Waals surface area (Å²) in [5.74, 6) is -0.625. The van der Waals surface area contributed by atoms with E-state index in [0.717, 1.165) is 0 Å². The van der Waals surface area contributed by atoms with E-state index < -0.39 is 0 Å². The summed E-state index contributed by atoms with van der Waals surface area (Å²) in [4.78, 5) is 19.8. The van der Waals surface area contributed by atoms with Gasteiger partial charge in [0.25, 0.3) is 0 Å². The maximum atomic E-state index is 9.92. The first-order valence-electron chi connectivity index (χ1n) is 1.91. The van der Waals surface area contributed by atoms with Crippen LogP contribution in [0.5, 0.6) is 0 Å². The molecule has 0 heterocycles. The topological polar surface area (TPSA) is 46.2 Å². The molecule has 1 N–H and O–H groups in total. The van der Waals surface area contributed by atoms with Crippen LogP contribution in [0.3, 0.4) is 0 Å². The van der Waals surface area contributed by atoms with E-state index >= 15 is 0 Å². The molecule has 0 saturated carbocycles. The Morgan fingerprint density at radius 3 is 1.50 bits per heavy atom. The third-order valence-electron chi connectivity index (χ3n) is 0.352. The van der Waals surface area contributed by atoms with Crippen LogP contribution in [0.15, 0.2) is 0 Å². The van der Waals surface area contributed by atoms with Gasteiger partial charge in [-0.3, -0.25) is 14.9 Å². The van der Waals surface area contributed by atoms with E-state index in [1.54, 1.807) is 0 Å². The van der Waals surface area contributed by atoms with Crippen LogP contribution in [0, 0.1) is 0 Å². The molecule has 4 heteroatoms. The van der Waals surface area contributed by atoms with Gasteiger partial charge in [-0.2, -0.15) is 0 Å². The number of nitrogens with one attached hydrogen (secondary N) is 1. The second-order valence-corrected chi connectivity index (χ2v) is 1.24. The van der Waals surface area contributed by atoms with E-state index in [-0.39, 0.29) is 37.7 Å². The molecule has 0 unspecified atom stereocenters. The van der Waals surface area contributed by atoms with Crippen LogP contribution in [-0.2, 0) is 9.59 Å². The zero-order valence-electron chi connectivity index (χ0n) is 7.02. The summed E-state index contributed by atoms with van der Waals surface area (Å²) in [5, 5.41) is 2.03. The van der Waals surface area contributed by atoms with Gasteiger partial charge in [0.15, 0.2) is 0 Å². The van der Waals surface area contributed by atoms with E-state index in [1.807, 2.05) is 5.32 Å². The van der Waals surface area contributed by atoms with Gasteiger partial charge in [-0.25, -0.2) is 0 Å². The van der Waals surface area contributed by atoms with E-state index in [2.05, 4.69) is 0 Å². The normalized spacial score (nSPS) is 6.75. The summed E-state index contributed by atoms with van der Waals surface area (Å²) in [6.07, 6.45) is 0. The molecule has 0 radical (unpaired) electrons. The third kappa shape index (κ3) is 9.32. The minimum Gasteiger partial charge on any atom is -1.00 e. The molecule has 0 aromatic heterocycles. The van der Waals surface area contributed by atoms with Crippen LogP contribution in [0.25, 0.3) is 0 Å². The van der Waals surface area contributed by atoms with Crippen LogP contribution in [-0.4, -0.2) is 34.9 Å². The van der Waals surface area contributed by atoms with E-state index in [0.29, 0.717) is 0 Å². The van der Waals surface area contributed by atoms with Crippen molar-refractivity contribution in [2.45, 2.75) is 13.8 Å². The fraction of sp³-hybridized carbons (Fsp3) is 0.500. The third-order valence-corrected chi connectivity index (χ3v) is 0.352. The van der Waals surface area contributed by atoms with Gasteiger partial charge in [0.1, 0.15) is 0 Å². The molecule has 2 amide bonds. The number of imide groups is 1. The predicted octanol–water partition coefficient (Wildman–Crippen LogP) is -0.487. The minimum absolute atomic E-state index is 0. The van der Waals surface area contributed by atoms with Gasteiger partial charge in [0.2, 0.25) is 11.8 Å². The molecule has 0 fully saturated rings. The molecule has 8 heavy (non-hydrogen) atoms. The Labute approximate surface area is 66.9 Å². The van der Waals surface area contributed by atoms with Gasteiger partial charge in [-0.15, -0.1) is 0 Å². The van der Waals surface area contributed by atoms with E-state index in [1.165, 1.54) is 13.8 Å². The van der Waals surface area contributed by atoms with E-state index in [9.17, 15) is 9.59 Å². The molecular formula is C4H9MgNO2. The molecule has 3 nitrogen and oxygen atoms in total. The van der Waals surface area contributed by atoms with Gasteiger partial charge in [-0.1, -0.05) is 0 Å². The van der Waals surface area contributed by atoms with Gasteiger partial charge in [0.05, 0.1) is 0 Å². The van der Waals surface area contributed by atoms with Crippen molar-refractivity contribution in [2.75, 3.05) is 0 Å². The molecule has 0 aromatic carbocycles. The number of carbonyl (C=O) groups is 2. The fourth-order valence-corrected chi connectivity index (χ4v) is 0.248. The van der Waals surface area contributed by atoms with Crippen LogP contribution in [0.1, 0.15) is 16.7 Å². The smallest absolute Gasteiger partial charge is 1.00 e.